The largest absolute Gasteiger partial charge is 0.458 e. The number of nitrogens with zero attached hydrogens (tertiary/aromatic N) is 2. The molecule has 0 aliphatic carbocycles. The summed E-state index contributed by atoms with van der Waals surface area (Å²) in [6.07, 6.45) is 1.47. The molecule has 0 unspecified atom stereocenters. The van der Waals surface area contributed by atoms with Crippen molar-refractivity contribution >= 4 is 40.4 Å². The van der Waals surface area contributed by atoms with Crippen LogP contribution in [0.25, 0.3) is 0 Å². The summed E-state index contributed by atoms with van der Waals surface area (Å²) in [5, 5.41) is 5.20. The van der Waals surface area contributed by atoms with Gasteiger partial charge in [-0.1, -0.05) is 24.0 Å². The Bertz CT molecular complexity index is 454. The molecule has 7 heteroatoms. The summed E-state index contributed by atoms with van der Waals surface area (Å²) in [5.74, 6) is 1.51. The molecule has 0 spiro atoms. The van der Waals surface area contributed by atoms with Crippen LogP contribution in [0.4, 0.5) is 0 Å². The first-order valence-corrected chi connectivity index (χ1v) is 6.21. The van der Waals surface area contributed by atoms with E-state index in [1.54, 1.807) is 19.2 Å². The fourth-order valence-corrected chi connectivity index (χ4v) is 2.22. The minimum absolute atomic E-state index is 0.111. The minimum Gasteiger partial charge on any atom is -0.458 e. The van der Waals surface area contributed by atoms with Gasteiger partial charge in [-0.3, -0.25) is 4.79 Å². The maximum atomic E-state index is 11.4. The predicted molar refractivity (Wildman–Crippen MR) is 68.9 cm³/mol. The molecule has 1 aliphatic rings. The van der Waals surface area contributed by atoms with E-state index >= 15 is 0 Å². The Morgan fingerprint density at radius 1 is 1.71 bits per heavy atom. The number of methoxy groups -OCH3 is 1. The number of thioether (sulfide) groups is 1. The third-order valence-corrected chi connectivity index (χ3v) is 3.34. The van der Waals surface area contributed by atoms with E-state index in [0.29, 0.717) is 28.2 Å². The van der Waals surface area contributed by atoms with Crippen molar-refractivity contribution in [2.24, 2.45) is 5.10 Å². The van der Waals surface area contributed by atoms with E-state index in [2.05, 4.69) is 5.10 Å². The van der Waals surface area contributed by atoms with E-state index < -0.39 is 0 Å². The van der Waals surface area contributed by atoms with Gasteiger partial charge in [0.25, 0.3) is 5.91 Å². The van der Waals surface area contributed by atoms with Gasteiger partial charge in [0.1, 0.15) is 18.1 Å². The van der Waals surface area contributed by atoms with Crippen molar-refractivity contribution in [3.63, 3.8) is 0 Å². The van der Waals surface area contributed by atoms with Crippen molar-refractivity contribution in [1.29, 1.82) is 0 Å². The van der Waals surface area contributed by atoms with Gasteiger partial charge in [0, 0.05) is 7.11 Å². The van der Waals surface area contributed by atoms with Crippen molar-refractivity contribution in [3.05, 3.63) is 23.7 Å². The first kappa shape index (κ1) is 12.3. The van der Waals surface area contributed by atoms with Crippen molar-refractivity contribution in [3.8, 4) is 0 Å². The Kier molecular flexibility index (Phi) is 3.93. The molecule has 0 N–H and O–H groups in total. The molecule has 17 heavy (non-hydrogen) atoms. The highest BCUT2D eigenvalue weighted by Gasteiger charge is 2.25. The minimum atomic E-state index is -0.111. The summed E-state index contributed by atoms with van der Waals surface area (Å²) in [5.41, 5.74) is 0. The number of carbonyl (C=O) groups excluding carboxylic acids is 1. The van der Waals surface area contributed by atoms with Crippen LogP contribution in [0, 0.1) is 0 Å². The van der Waals surface area contributed by atoms with E-state index in [1.165, 1.54) is 23.0 Å². The lowest BCUT2D eigenvalue weighted by Gasteiger charge is -2.05. The summed E-state index contributed by atoms with van der Waals surface area (Å²) in [6.45, 7) is 0.407. The van der Waals surface area contributed by atoms with Crippen LogP contribution in [0.2, 0.25) is 0 Å². The number of thiocarbonyl (C=S) groups is 1. The Morgan fingerprint density at radius 3 is 3.18 bits per heavy atom. The number of ether oxygens (including phenoxy) is 1. The average molecular weight is 270 g/mol. The number of rotatable bonds is 4. The number of amides is 1. The van der Waals surface area contributed by atoms with Crippen molar-refractivity contribution in [1.82, 2.24) is 5.01 Å². The van der Waals surface area contributed by atoms with E-state index in [1.807, 2.05) is 0 Å². The molecule has 1 amide bonds. The number of furan rings is 1. The van der Waals surface area contributed by atoms with E-state index in [0.717, 1.165) is 0 Å². The topological polar surface area (TPSA) is 55.0 Å². The lowest BCUT2D eigenvalue weighted by atomic mass is 10.4. The van der Waals surface area contributed by atoms with E-state index in [9.17, 15) is 4.79 Å². The van der Waals surface area contributed by atoms with Crippen molar-refractivity contribution in [2.75, 3.05) is 12.9 Å². The first-order chi connectivity index (χ1) is 8.20. The summed E-state index contributed by atoms with van der Waals surface area (Å²) >= 11 is 6.29. The van der Waals surface area contributed by atoms with Crippen LogP contribution in [-0.4, -0.2) is 34.3 Å². The van der Waals surface area contributed by atoms with Gasteiger partial charge in [0.2, 0.25) is 0 Å². The summed E-state index contributed by atoms with van der Waals surface area (Å²) in [6, 6.07) is 3.55. The fraction of sp³-hybridized carbons (Fsp3) is 0.300. The smallest absolute Gasteiger partial charge is 0.259 e. The molecule has 0 saturated carbocycles. The second kappa shape index (κ2) is 5.44. The van der Waals surface area contributed by atoms with Crippen LogP contribution >= 0.6 is 24.0 Å². The summed E-state index contributed by atoms with van der Waals surface area (Å²) in [7, 11) is 1.59. The van der Waals surface area contributed by atoms with Crippen LogP contribution in [0.5, 0.6) is 0 Å². The molecule has 2 heterocycles. The molecular weight excluding hydrogens is 260 g/mol. The number of hydrogen-bond acceptors (Lipinski definition) is 6. The summed E-state index contributed by atoms with van der Waals surface area (Å²) < 4.78 is 10.8. The fourth-order valence-electron chi connectivity index (χ4n) is 1.26. The highest BCUT2D eigenvalue weighted by atomic mass is 32.2. The van der Waals surface area contributed by atoms with Crippen LogP contribution < -0.4 is 0 Å². The normalized spacial score (nSPS) is 16.4. The van der Waals surface area contributed by atoms with Crippen LogP contribution in [-0.2, 0) is 16.1 Å². The zero-order valence-corrected chi connectivity index (χ0v) is 10.7. The molecule has 0 radical (unpaired) electrons. The molecule has 0 atom stereocenters. The third kappa shape index (κ3) is 2.93. The Hall–Kier alpha value is -1.18. The lowest BCUT2D eigenvalue weighted by Crippen LogP contribution is -2.22. The van der Waals surface area contributed by atoms with Crippen LogP contribution in [0.1, 0.15) is 11.5 Å². The van der Waals surface area contributed by atoms with Gasteiger partial charge < -0.3 is 9.15 Å². The molecule has 2 rings (SSSR count). The van der Waals surface area contributed by atoms with E-state index in [4.69, 9.17) is 21.4 Å². The molecule has 90 valence electrons. The molecular formula is C10H10N2O3S2. The molecule has 5 nitrogen and oxygen atoms in total. The lowest BCUT2D eigenvalue weighted by molar-refractivity contribution is -0.123. The predicted octanol–water partition coefficient (Wildman–Crippen LogP) is 1.62. The van der Waals surface area contributed by atoms with Gasteiger partial charge in [0.05, 0.1) is 12.0 Å². The Morgan fingerprint density at radius 2 is 2.53 bits per heavy atom. The van der Waals surface area contributed by atoms with Crippen molar-refractivity contribution < 1.29 is 13.9 Å². The quantitative estimate of drug-likeness (QED) is 0.614. The van der Waals surface area contributed by atoms with Crippen LogP contribution in [0.15, 0.2) is 21.7 Å². The number of carbonyl (C=O) groups is 1. The second-order valence-electron chi connectivity index (χ2n) is 3.24. The zero-order valence-electron chi connectivity index (χ0n) is 9.08. The van der Waals surface area contributed by atoms with Gasteiger partial charge in [-0.25, -0.2) is 0 Å². The number of hydrogen-bond donors (Lipinski definition) is 0. The molecule has 1 saturated heterocycles. The maximum absolute atomic E-state index is 11.4. The summed E-state index contributed by atoms with van der Waals surface area (Å²) in [4.78, 5) is 11.4. The van der Waals surface area contributed by atoms with Gasteiger partial charge in [0.15, 0.2) is 4.32 Å². The molecule has 1 aliphatic heterocycles. The first-order valence-electron chi connectivity index (χ1n) is 4.82. The highest BCUT2D eigenvalue weighted by Crippen LogP contribution is 2.19. The standard InChI is InChI=1S/C10H10N2O3S2/c1-14-5-8-3-2-7(15-8)4-11-12-9(13)6-17-10(12)16/h2-4H,5-6H2,1H3. The molecule has 0 bridgehead atoms. The molecule has 1 aromatic heterocycles. The highest BCUT2D eigenvalue weighted by molar-refractivity contribution is 8.23. The van der Waals surface area contributed by atoms with Gasteiger partial charge in [-0.2, -0.15) is 10.1 Å². The molecule has 0 aromatic carbocycles. The monoisotopic (exact) mass is 270 g/mol. The maximum Gasteiger partial charge on any atom is 0.259 e. The van der Waals surface area contributed by atoms with Gasteiger partial charge in [-0.05, 0) is 12.1 Å². The van der Waals surface area contributed by atoms with Crippen molar-refractivity contribution in [2.45, 2.75) is 6.61 Å². The zero-order chi connectivity index (χ0) is 12.3. The second-order valence-corrected chi connectivity index (χ2v) is 4.85. The number of hydrazone groups is 1. The van der Waals surface area contributed by atoms with Crippen LogP contribution in [0.3, 0.4) is 0 Å². The van der Waals surface area contributed by atoms with E-state index in [-0.39, 0.29) is 5.91 Å². The SMILES string of the molecule is COCc1ccc(C=NN2C(=O)CSC2=S)o1. The van der Waals surface area contributed by atoms with Gasteiger partial charge in [-0.15, -0.1) is 0 Å². The molecule has 1 fully saturated rings. The molecule has 1 aromatic rings. The van der Waals surface area contributed by atoms with Gasteiger partial charge >= 0.3 is 0 Å². The Balaban J connectivity index is 2.04. The average Bonchev–Trinajstić information content (AvgIpc) is 2.86. The Labute approximate surface area is 108 Å². The third-order valence-electron chi connectivity index (χ3n) is 2.00.